The van der Waals surface area contributed by atoms with E-state index in [2.05, 4.69) is 91.3 Å². The Hall–Kier alpha value is -3.07. The van der Waals surface area contributed by atoms with Crippen LogP contribution in [0.15, 0.2) is 97.2 Å². The van der Waals surface area contributed by atoms with Crippen LogP contribution >= 0.6 is 7.82 Å². The summed E-state index contributed by atoms with van der Waals surface area (Å²) in [5.41, 5.74) is 0. The first-order chi connectivity index (χ1) is 24.7. The van der Waals surface area contributed by atoms with Crippen molar-refractivity contribution < 1.29 is 43.0 Å². The van der Waals surface area contributed by atoms with Gasteiger partial charge in [0, 0.05) is 12.8 Å². The number of allylic oxidation sites excluding steroid dienone is 15. The fourth-order valence-corrected chi connectivity index (χ4v) is 4.77. The van der Waals surface area contributed by atoms with Gasteiger partial charge in [0.2, 0.25) is 0 Å². The van der Waals surface area contributed by atoms with Gasteiger partial charge in [0.05, 0.1) is 12.7 Å². The van der Waals surface area contributed by atoms with Gasteiger partial charge in [0.25, 0.3) is 0 Å². The Bertz CT molecular complexity index is 1160. The van der Waals surface area contributed by atoms with Crippen LogP contribution in [-0.4, -0.2) is 52.3 Å². The molecule has 0 radical (unpaired) electrons. The van der Waals surface area contributed by atoms with Crippen molar-refractivity contribution >= 4 is 19.8 Å². The van der Waals surface area contributed by atoms with Crippen LogP contribution in [0.5, 0.6) is 0 Å². The zero-order valence-electron chi connectivity index (χ0n) is 31.1. The molecule has 0 aromatic rings. The smallest absolute Gasteiger partial charge is 0.462 e. The van der Waals surface area contributed by atoms with Gasteiger partial charge in [-0.05, 0) is 83.5 Å². The summed E-state index contributed by atoms with van der Waals surface area (Å²) < 4.78 is 26.1. The molecular weight excluding hydrogens is 667 g/mol. The molecule has 0 fully saturated rings. The molecular formula is C41H65O9P. The Balaban J connectivity index is 4.29. The summed E-state index contributed by atoms with van der Waals surface area (Å²) in [5, 5.41) is 10.2. The molecule has 9 nitrogen and oxygen atoms in total. The Morgan fingerprint density at radius 1 is 0.627 bits per heavy atom. The molecule has 10 heteroatoms. The average Bonchev–Trinajstić information content (AvgIpc) is 3.09. The number of rotatable bonds is 32. The normalized spacial score (nSPS) is 14.2. The SMILES string of the molecule is CC/C=C\C/C=C\C/C=C\C/C=C\C=C\C(O)CCCC(=O)O[C@H](COC(=O)CCCC/C=C\C/C=C\C/C=C\CCCCC)COP(=O)(O)O. The highest BCUT2D eigenvalue weighted by Crippen LogP contribution is 2.35. The topological polar surface area (TPSA) is 140 Å². The Kier molecular flexibility index (Phi) is 33.2. The van der Waals surface area contributed by atoms with E-state index in [-0.39, 0.29) is 19.4 Å². The number of aliphatic hydroxyl groups is 1. The molecule has 0 aliphatic heterocycles. The highest BCUT2D eigenvalue weighted by molar-refractivity contribution is 7.46. The van der Waals surface area contributed by atoms with E-state index in [9.17, 15) is 19.3 Å². The number of hydrogen-bond donors (Lipinski definition) is 3. The van der Waals surface area contributed by atoms with Gasteiger partial charge in [-0.1, -0.05) is 124 Å². The highest BCUT2D eigenvalue weighted by Gasteiger charge is 2.23. The molecule has 2 atom stereocenters. The van der Waals surface area contributed by atoms with Crippen LogP contribution in [0.1, 0.15) is 123 Å². The van der Waals surface area contributed by atoms with Crippen molar-refractivity contribution in [3.8, 4) is 0 Å². The first-order valence-corrected chi connectivity index (χ1v) is 20.2. The molecule has 0 spiro atoms. The van der Waals surface area contributed by atoms with Crippen molar-refractivity contribution in [2.24, 2.45) is 0 Å². The fraction of sp³-hybridized carbons (Fsp3) is 0.561. The first-order valence-electron chi connectivity index (χ1n) is 18.6. The lowest BCUT2D eigenvalue weighted by molar-refractivity contribution is -0.161. The molecule has 1 unspecified atom stereocenters. The number of ether oxygens (including phenoxy) is 2. The average molecular weight is 733 g/mol. The summed E-state index contributed by atoms with van der Waals surface area (Å²) >= 11 is 0. The standard InChI is InChI=1S/C41H65O9P/c1-3-5-7-9-11-13-15-17-18-20-22-24-26-28-30-34-40(43)48-36-39(37-49-51(45,46)47)50-41(44)35-31-33-38(42)32-29-27-25-23-21-19-16-14-12-10-8-6-4-2/h6,8,11-14,17-19,21-22,24-25,27,29,32,38-39,42H,3-5,7,9-10,15-16,20,23,26,28,30-31,33-37H2,1-2H3,(H2,45,46,47)/b8-6-,13-11-,14-12-,18-17-,21-19-,24-22-,27-25-,32-29+/t38?,39-/m1/s1. The maximum Gasteiger partial charge on any atom is 0.469 e. The van der Waals surface area contributed by atoms with Gasteiger partial charge in [-0.15, -0.1) is 0 Å². The molecule has 288 valence electrons. The molecule has 0 aliphatic rings. The summed E-state index contributed by atoms with van der Waals surface area (Å²) in [6, 6.07) is 0. The highest BCUT2D eigenvalue weighted by atomic mass is 31.2. The molecule has 0 aliphatic carbocycles. The molecule has 0 rings (SSSR count). The Labute approximate surface area is 307 Å². The van der Waals surface area contributed by atoms with Gasteiger partial charge >= 0.3 is 19.8 Å². The zero-order valence-corrected chi connectivity index (χ0v) is 32.0. The van der Waals surface area contributed by atoms with Crippen LogP contribution < -0.4 is 0 Å². The van der Waals surface area contributed by atoms with Crippen molar-refractivity contribution in [1.29, 1.82) is 0 Å². The van der Waals surface area contributed by atoms with Gasteiger partial charge in [-0.2, -0.15) is 0 Å². The lowest BCUT2D eigenvalue weighted by Crippen LogP contribution is -2.29. The Morgan fingerprint density at radius 3 is 1.73 bits per heavy atom. The lowest BCUT2D eigenvalue weighted by atomic mass is 10.1. The third kappa shape index (κ3) is 38.0. The second-order valence-electron chi connectivity index (χ2n) is 12.0. The number of esters is 2. The number of carbonyl (C=O) groups is 2. The largest absolute Gasteiger partial charge is 0.469 e. The zero-order chi connectivity index (χ0) is 37.7. The minimum Gasteiger partial charge on any atom is -0.462 e. The monoisotopic (exact) mass is 732 g/mol. The van der Waals surface area contributed by atoms with E-state index in [1.807, 2.05) is 12.2 Å². The third-order valence-corrected chi connectivity index (χ3v) is 7.68. The van der Waals surface area contributed by atoms with E-state index in [1.54, 1.807) is 12.2 Å². The number of unbranched alkanes of at least 4 members (excludes halogenated alkanes) is 5. The number of aliphatic hydroxyl groups excluding tert-OH is 1. The number of hydrogen-bond acceptors (Lipinski definition) is 7. The van der Waals surface area contributed by atoms with Gasteiger partial charge in [0.15, 0.2) is 6.10 Å². The van der Waals surface area contributed by atoms with Gasteiger partial charge in [-0.25, -0.2) is 4.57 Å². The predicted molar refractivity (Wildman–Crippen MR) is 208 cm³/mol. The minimum absolute atomic E-state index is 0.0330. The van der Waals surface area contributed by atoms with E-state index < -0.39 is 38.6 Å². The number of phosphoric ester groups is 1. The molecule has 51 heavy (non-hydrogen) atoms. The molecule has 0 aromatic heterocycles. The number of phosphoric acid groups is 1. The second kappa shape index (κ2) is 35.3. The van der Waals surface area contributed by atoms with E-state index in [4.69, 9.17) is 19.3 Å². The summed E-state index contributed by atoms with van der Waals surface area (Å²) in [7, 11) is -4.82. The minimum atomic E-state index is -4.82. The maximum absolute atomic E-state index is 12.4. The lowest BCUT2D eigenvalue weighted by Gasteiger charge is -2.18. The van der Waals surface area contributed by atoms with Crippen LogP contribution in [-0.2, 0) is 28.2 Å². The van der Waals surface area contributed by atoms with Crippen molar-refractivity contribution in [2.75, 3.05) is 13.2 Å². The summed E-state index contributed by atoms with van der Waals surface area (Å²) in [6.07, 6.45) is 44.5. The maximum atomic E-state index is 12.4. The summed E-state index contributed by atoms with van der Waals surface area (Å²) in [5.74, 6) is -1.15. The molecule has 0 saturated carbocycles. The fourth-order valence-electron chi connectivity index (χ4n) is 4.41. The van der Waals surface area contributed by atoms with Crippen molar-refractivity contribution in [2.45, 2.75) is 135 Å². The quantitative estimate of drug-likeness (QED) is 0.0203. The summed E-state index contributed by atoms with van der Waals surface area (Å²) in [4.78, 5) is 42.7. The molecule has 3 N–H and O–H groups in total. The van der Waals surface area contributed by atoms with Crippen LogP contribution in [0.2, 0.25) is 0 Å². The summed E-state index contributed by atoms with van der Waals surface area (Å²) in [6.45, 7) is 3.31. The van der Waals surface area contributed by atoms with Gasteiger partial charge < -0.3 is 24.4 Å². The van der Waals surface area contributed by atoms with Crippen molar-refractivity contribution in [1.82, 2.24) is 0 Å². The molecule has 0 heterocycles. The van der Waals surface area contributed by atoms with E-state index >= 15 is 0 Å². The predicted octanol–water partition coefficient (Wildman–Crippen LogP) is 10.0. The first kappa shape index (κ1) is 47.9. The molecule has 0 amide bonds. The third-order valence-electron chi connectivity index (χ3n) is 7.19. The van der Waals surface area contributed by atoms with Gasteiger partial charge in [-0.3, -0.25) is 14.1 Å². The van der Waals surface area contributed by atoms with Crippen LogP contribution in [0.25, 0.3) is 0 Å². The second-order valence-corrected chi connectivity index (χ2v) is 13.2. The van der Waals surface area contributed by atoms with Crippen LogP contribution in [0.4, 0.5) is 0 Å². The number of carbonyl (C=O) groups excluding carboxylic acids is 2. The van der Waals surface area contributed by atoms with Crippen LogP contribution in [0.3, 0.4) is 0 Å². The van der Waals surface area contributed by atoms with E-state index in [1.165, 1.54) is 19.3 Å². The Morgan fingerprint density at radius 2 is 1.16 bits per heavy atom. The van der Waals surface area contributed by atoms with Crippen LogP contribution in [0, 0.1) is 0 Å². The van der Waals surface area contributed by atoms with Crippen molar-refractivity contribution in [3.05, 3.63) is 97.2 Å². The van der Waals surface area contributed by atoms with Crippen molar-refractivity contribution in [3.63, 3.8) is 0 Å². The van der Waals surface area contributed by atoms with E-state index in [0.717, 1.165) is 57.8 Å². The molecule has 0 bridgehead atoms. The van der Waals surface area contributed by atoms with E-state index in [0.29, 0.717) is 19.3 Å². The van der Waals surface area contributed by atoms with Gasteiger partial charge in [0.1, 0.15) is 6.61 Å². The molecule has 0 aromatic carbocycles. The molecule has 0 saturated heterocycles.